The van der Waals surface area contributed by atoms with Crippen molar-refractivity contribution in [3.63, 3.8) is 0 Å². The van der Waals surface area contributed by atoms with Crippen LogP contribution in [0.4, 0.5) is 16.2 Å². The summed E-state index contributed by atoms with van der Waals surface area (Å²) in [6.07, 6.45) is 1.55. The molecule has 0 aliphatic carbocycles. The first-order valence-corrected chi connectivity index (χ1v) is 12.0. The van der Waals surface area contributed by atoms with Gasteiger partial charge < -0.3 is 24.4 Å². The molecule has 0 unspecified atom stereocenters. The van der Waals surface area contributed by atoms with E-state index in [1.807, 2.05) is 18.2 Å². The number of hydrogen-bond acceptors (Lipinski definition) is 9. The lowest BCUT2D eigenvalue weighted by Gasteiger charge is -2.28. The van der Waals surface area contributed by atoms with Gasteiger partial charge in [0.1, 0.15) is 12.6 Å². The smallest absolute Gasteiger partial charge is 0.294 e. The molecule has 2 aliphatic heterocycles. The standard InChI is InChI=1S/C25H24N4O6S/c1-33-21-14-17(2-7-20(21)35-11-8-26)15-22-24(31)29(25(32)36-22)16-23(30)27-18-3-5-19(6-4-18)28-9-12-34-13-10-28/h2-7,14-15H,9-13,16H2,1H3,(H,27,30)/b22-15-. The minimum absolute atomic E-state index is 0.130. The number of carbonyl (C=O) groups excluding carboxylic acids is 3. The average Bonchev–Trinajstić information content (AvgIpc) is 3.15. The van der Waals surface area contributed by atoms with Crippen molar-refractivity contribution in [1.82, 2.24) is 4.90 Å². The highest BCUT2D eigenvalue weighted by Crippen LogP contribution is 2.34. The van der Waals surface area contributed by atoms with Crippen LogP contribution in [-0.4, -0.2) is 68.5 Å². The predicted octanol–water partition coefficient (Wildman–Crippen LogP) is 3.11. The number of benzene rings is 2. The van der Waals surface area contributed by atoms with Gasteiger partial charge in [-0.1, -0.05) is 6.07 Å². The summed E-state index contributed by atoms with van der Waals surface area (Å²) in [4.78, 5) is 41.1. The van der Waals surface area contributed by atoms with Crippen LogP contribution < -0.4 is 19.7 Å². The lowest BCUT2D eigenvalue weighted by Crippen LogP contribution is -2.36. The third-order valence-corrected chi connectivity index (χ3v) is 6.39. The second kappa shape index (κ2) is 11.6. The summed E-state index contributed by atoms with van der Waals surface area (Å²) in [5.74, 6) is -0.249. The van der Waals surface area contributed by atoms with E-state index in [-0.39, 0.29) is 11.5 Å². The Hall–Kier alpha value is -4.01. The van der Waals surface area contributed by atoms with Gasteiger partial charge in [0.05, 0.1) is 25.2 Å². The monoisotopic (exact) mass is 508 g/mol. The molecule has 0 bridgehead atoms. The first kappa shape index (κ1) is 25.1. The lowest BCUT2D eigenvalue weighted by molar-refractivity contribution is -0.127. The third-order valence-electron chi connectivity index (χ3n) is 5.48. The van der Waals surface area contributed by atoms with E-state index >= 15 is 0 Å². The van der Waals surface area contributed by atoms with E-state index in [0.29, 0.717) is 36.0 Å². The molecule has 0 atom stereocenters. The topological polar surface area (TPSA) is 121 Å². The zero-order valence-electron chi connectivity index (χ0n) is 19.6. The summed E-state index contributed by atoms with van der Waals surface area (Å²) in [5.41, 5.74) is 2.21. The van der Waals surface area contributed by atoms with E-state index in [2.05, 4.69) is 10.2 Å². The van der Waals surface area contributed by atoms with Crippen molar-refractivity contribution in [2.75, 3.05) is 56.8 Å². The molecule has 0 spiro atoms. The quantitative estimate of drug-likeness (QED) is 0.536. The van der Waals surface area contributed by atoms with Gasteiger partial charge in [0, 0.05) is 24.5 Å². The van der Waals surface area contributed by atoms with Crippen molar-refractivity contribution in [2.24, 2.45) is 0 Å². The Kier molecular flexibility index (Phi) is 8.10. The van der Waals surface area contributed by atoms with Gasteiger partial charge in [0.2, 0.25) is 5.91 Å². The van der Waals surface area contributed by atoms with Gasteiger partial charge in [-0.2, -0.15) is 5.26 Å². The first-order valence-electron chi connectivity index (χ1n) is 11.1. The Bertz CT molecular complexity index is 1220. The Morgan fingerprint density at radius 2 is 1.92 bits per heavy atom. The molecule has 2 aromatic carbocycles. The van der Waals surface area contributed by atoms with E-state index in [4.69, 9.17) is 19.5 Å². The highest BCUT2D eigenvalue weighted by atomic mass is 32.2. The fourth-order valence-electron chi connectivity index (χ4n) is 3.71. The third kappa shape index (κ3) is 5.97. The van der Waals surface area contributed by atoms with E-state index in [9.17, 15) is 14.4 Å². The van der Waals surface area contributed by atoms with Crippen LogP contribution in [-0.2, 0) is 14.3 Å². The largest absolute Gasteiger partial charge is 0.493 e. The number of carbonyl (C=O) groups is 3. The fraction of sp³-hybridized carbons (Fsp3) is 0.280. The molecule has 0 saturated carbocycles. The Morgan fingerprint density at radius 3 is 2.61 bits per heavy atom. The molecule has 11 heteroatoms. The Balaban J connectivity index is 1.38. The number of rotatable bonds is 8. The second-order valence-electron chi connectivity index (χ2n) is 7.82. The molecule has 4 rings (SSSR count). The minimum Gasteiger partial charge on any atom is -0.493 e. The van der Waals surface area contributed by atoms with Crippen molar-refractivity contribution >= 4 is 46.3 Å². The molecule has 2 fully saturated rings. The number of imide groups is 1. The van der Waals surface area contributed by atoms with Crippen LogP contribution in [0.15, 0.2) is 47.4 Å². The summed E-state index contributed by atoms with van der Waals surface area (Å²) in [7, 11) is 1.46. The number of thioether (sulfide) groups is 1. The van der Waals surface area contributed by atoms with Crippen LogP contribution in [0.1, 0.15) is 5.56 Å². The summed E-state index contributed by atoms with van der Waals surface area (Å²) in [5, 5.41) is 10.9. The van der Waals surface area contributed by atoms with Crippen LogP contribution in [0.3, 0.4) is 0 Å². The van der Waals surface area contributed by atoms with Gasteiger partial charge in [0.25, 0.3) is 11.1 Å². The van der Waals surface area contributed by atoms with Crippen molar-refractivity contribution in [3.05, 3.63) is 52.9 Å². The van der Waals surface area contributed by atoms with Gasteiger partial charge in [-0.05, 0) is 59.8 Å². The number of anilines is 2. The van der Waals surface area contributed by atoms with Crippen LogP contribution >= 0.6 is 11.8 Å². The molecular formula is C25H24N4O6S. The van der Waals surface area contributed by atoms with Gasteiger partial charge in [-0.25, -0.2) is 0 Å². The average molecular weight is 509 g/mol. The van der Waals surface area contributed by atoms with Crippen LogP contribution in [0.5, 0.6) is 11.5 Å². The molecule has 0 aromatic heterocycles. The second-order valence-corrected chi connectivity index (χ2v) is 8.81. The van der Waals surface area contributed by atoms with E-state index in [1.54, 1.807) is 36.4 Å². The maximum Gasteiger partial charge on any atom is 0.294 e. The molecular weight excluding hydrogens is 484 g/mol. The summed E-state index contributed by atoms with van der Waals surface area (Å²) >= 11 is 0.762. The number of nitrogens with one attached hydrogen (secondary N) is 1. The number of methoxy groups -OCH3 is 1. The lowest BCUT2D eigenvalue weighted by atomic mass is 10.2. The SMILES string of the molecule is COc1cc(/C=C2\SC(=O)N(CC(=O)Nc3ccc(N4CCOCC4)cc3)C2=O)ccc1OCC#N. The number of morpholine rings is 1. The zero-order valence-corrected chi connectivity index (χ0v) is 20.4. The number of ether oxygens (including phenoxy) is 3. The highest BCUT2D eigenvalue weighted by Gasteiger charge is 2.36. The van der Waals surface area contributed by atoms with Crippen molar-refractivity contribution < 1.29 is 28.6 Å². The number of nitriles is 1. The van der Waals surface area contributed by atoms with Gasteiger partial charge >= 0.3 is 0 Å². The maximum absolute atomic E-state index is 12.8. The molecule has 2 saturated heterocycles. The molecule has 2 aliphatic rings. The molecule has 10 nitrogen and oxygen atoms in total. The number of amides is 3. The highest BCUT2D eigenvalue weighted by molar-refractivity contribution is 8.18. The van der Waals surface area contributed by atoms with Crippen molar-refractivity contribution in [1.29, 1.82) is 5.26 Å². The normalized spacial score (nSPS) is 16.7. The molecule has 2 aromatic rings. The summed E-state index contributed by atoms with van der Waals surface area (Å²) in [6, 6.07) is 14.2. The molecule has 36 heavy (non-hydrogen) atoms. The predicted molar refractivity (Wildman–Crippen MR) is 135 cm³/mol. The summed E-state index contributed by atoms with van der Waals surface area (Å²) in [6.45, 7) is 2.46. The van der Waals surface area contributed by atoms with Crippen LogP contribution in [0.2, 0.25) is 0 Å². The van der Waals surface area contributed by atoms with Crippen LogP contribution in [0.25, 0.3) is 6.08 Å². The Morgan fingerprint density at radius 1 is 1.17 bits per heavy atom. The van der Waals surface area contributed by atoms with Crippen molar-refractivity contribution in [3.8, 4) is 17.6 Å². The molecule has 2 heterocycles. The first-order chi connectivity index (χ1) is 17.5. The summed E-state index contributed by atoms with van der Waals surface area (Å²) < 4.78 is 15.9. The van der Waals surface area contributed by atoms with E-state index < -0.39 is 23.6 Å². The van der Waals surface area contributed by atoms with Gasteiger partial charge in [-0.3, -0.25) is 19.3 Å². The Labute approximate surface area is 212 Å². The molecule has 1 N–H and O–H groups in total. The van der Waals surface area contributed by atoms with E-state index in [0.717, 1.165) is 35.4 Å². The van der Waals surface area contributed by atoms with Gasteiger partial charge in [0.15, 0.2) is 18.1 Å². The fourth-order valence-corrected chi connectivity index (χ4v) is 4.55. The molecule has 0 radical (unpaired) electrons. The molecule has 186 valence electrons. The van der Waals surface area contributed by atoms with Gasteiger partial charge in [-0.15, -0.1) is 0 Å². The van der Waals surface area contributed by atoms with E-state index in [1.165, 1.54) is 7.11 Å². The zero-order chi connectivity index (χ0) is 25.5. The minimum atomic E-state index is -0.549. The van der Waals surface area contributed by atoms with Crippen LogP contribution in [0, 0.1) is 11.3 Å². The number of nitrogens with zero attached hydrogens (tertiary/aromatic N) is 3. The van der Waals surface area contributed by atoms with Crippen molar-refractivity contribution in [2.45, 2.75) is 0 Å². The molecule has 3 amide bonds. The number of hydrogen-bond donors (Lipinski definition) is 1. The maximum atomic E-state index is 12.8.